The Hall–Kier alpha value is -2.75. The molecular formula is C20H13Cl2F3N2O3S. The minimum absolute atomic E-state index is 0.0258. The molecule has 0 saturated carbocycles. The predicted octanol–water partition coefficient (Wildman–Crippen LogP) is 6.07. The van der Waals surface area contributed by atoms with Crippen molar-refractivity contribution in [3.8, 4) is 0 Å². The number of carbonyl (C=O) groups excluding carboxylic acids is 1. The highest BCUT2D eigenvalue weighted by Crippen LogP contribution is 2.34. The van der Waals surface area contributed by atoms with E-state index in [0.717, 1.165) is 12.1 Å². The fourth-order valence-corrected chi connectivity index (χ4v) is 4.08. The summed E-state index contributed by atoms with van der Waals surface area (Å²) >= 11 is 11.8. The number of rotatable bonds is 5. The highest BCUT2D eigenvalue weighted by Gasteiger charge is 2.31. The van der Waals surface area contributed by atoms with Gasteiger partial charge in [-0.05, 0) is 48.5 Å². The fraction of sp³-hybridized carbons (Fsp3) is 0.0500. The summed E-state index contributed by atoms with van der Waals surface area (Å²) in [4.78, 5) is 12.7. The number of carbonyl (C=O) groups is 1. The monoisotopic (exact) mass is 488 g/mol. The fourth-order valence-electron chi connectivity index (χ4n) is 2.58. The molecule has 1 amide bonds. The van der Waals surface area contributed by atoms with Gasteiger partial charge in [-0.15, -0.1) is 0 Å². The van der Waals surface area contributed by atoms with E-state index >= 15 is 0 Å². The van der Waals surface area contributed by atoms with Gasteiger partial charge in [-0.25, -0.2) is 8.42 Å². The van der Waals surface area contributed by atoms with Crippen molar-refractivity contribution in [2.75, 3.05) is 10.0 Å². The summed E-state index contributed by atoms with van der Waals surface area (Å²) in [5, 5.41) is 2.17. The topological polar surface area (TPSA) is 75.3 Å². The number of benzene rings is 3. The van der Waals surface area contributed by atoms with Crippen molar-refractivity contribution in [3.05, 3.63) is 87.9 Å². The first kappa shape index (κ1) is 22.9. The van der Waals surface area contributed by atoms with Crippen LogP contribution in [0.1, 0.15) is 15.9 Å². The molecule has 5 nitrogen and oxygen atoms in total. The van der Waals surface area contributed by atoms with Crippen molar-refractivity contribution in [3.63, 3.8) is 0 Å². The predicted molar refractivity (Wildman–Crippen MR) is 113 cm³/mol. The molecule has 0 saturated heterocycles. The average Bonchev–Trinajstić information content (AvgIpc) is 2.70. The molecule has 0 radical (unpaired) electrons. The Morgan fingerprint density at radius 1 is 0.871 bits per heavy atom. The number of hydrogen-bond acceptors (Lipinski definition) is 3. The Bertz CT molecular complexity index is 1230. The Labute approximate surface area is 185 Å². The van der Waals surface area contributed by atoms with Gasteiger partial charge in [0.1, 0.15) is 0 Å². The lowest BCUT2D eigenvalue weighted by Gasteiger charge is -2.14. The molecule has 0 aromatic heterocycles. The molecule has 0 aliphatic heterocycles. The minimum atomic E-state index is -4.60. The number of hydrogen-bond donors (Lipinski definition) is 2. The molecule has 2 N–H and O–H groups in total. The third-order valence-electron chi connectivity index (χ3n) is 4.07. The van der Waals surface area contributed by atoms with E-state index in [9.17, 15) is 26.4 Å². The second kappa shape index (κ2) is 8.78. The number of anilines is 2. The van der Waals surface area contributed by atoms with Gasteiger partial charge >= 0.3 is 6.18 Å². The third-order valence-corrected chi connectivity index (χ3v) is 6.00. The average molecular weight is 489 g/mol. The van der Waals surface area contributed by atoms with E-state index in [4.69, 9.17) is 23.2 Å². The van der Waals surface area contributed by atoms with E-state index < -0.39 is 27.7 Å². The van der Waals surface area contributed by atoms with Crippen LogP contribution in [0.5, 0.6) is 0 Å². The van der Waals surface area contributed by atoms with Gasteiger partial charge < -0.3 is 5.32 Å². The summed E-state index contributed by atoms with van der Waals surface area (Å²) in [5.41, 5.74) is -1.29. The Morgan fingerprint density at radius 2 is 1.52 bits per heavy atom. The third kappa shape index (κ3) is 5.49. The summed E-state index contributed by atoms with van der Waals surface area (Å²) in [5.74, 6) is -0.824. The Morgan fingerprint density at radius 3 is 2.13 bits per heavy atom. The van der Waals surface area contributed by atoms with Crippen LogP contribution in [-0.2, 0) is 16.2 Å². The number of sulfonamides is 1. The molecule has 162 valence electrons. The summed E-state index contributed by atoms with van der Waals surface area (Å²) in [7, 11) is -4.01. The molecule has 0 spiro atoms. The van der Waals surface area contributed by atoms with Crippen LogP contribution >= 0.6 is 23.2 Å². The van der Waals surface area contributed by atoms with Gasteiger partial charge in [0.05, 0.1) is 32.4 Å². The van der Waals surface area contributed by atoms with Crippen LogP contribution in [0.2, 0.25) is 10.0 Å². The van der Waals surface area contributed by atoms with Crippen LogP contribution in [0.4, 0.5) is 24.5 Å². The van der Waals surface area contributed by atoms with Crippen LogP contribution in [-0.4, -0.2) is 14.3 Å². The number of halogens is 5. The molecule has 3 aromatic rings. The standard InChI is InChI=1S/C20H13Cl2F3N2O3S/c21-13-7-9-17(27-31(29,30)14-4-2-1-3-5-14)15(11-13)19(28)26-18-8-6-12(10-16(18)22)20(23,24)25/h1-11,27H,(H,26,28). The van der Waals surface area contributed by atoms with Gasteiger partial charge in [0.2, 0.25) is 0 Å². The molecule has 3 aromatic carbocycles. The first-order valence-corrected chi connectivity index (χ1v) is 10.8. The van der Waals surface area contributed by atoms with Crippen LogP contribution < -0.4 is 10.0 Å². The first-order valence-electron chi connectivity index (χ1n) is 8.53. The largest absolute Gasteiger partial charge is 0.416 e. The van der Waals surface area contributed by atoms with Crippen molar-refractivity contribution in [1.82, 2.24) is 0 Å². The minimum Gasteiger partial charge on any atom is -0.321 e. The molecular weight excluding hydrogens is 476 g/mol. The van der Waals surface area contributed by atoms with Gasteiger partial charge in [-0.2, -0.15) is 13.2 Å². The SMILES string of the molecule is O=C(Nc1ccc(C(F)(F)F)cc1Cl)c1cc(Cl)ccc1NS(=O)(=O)c1ccccc1. The van der Waals surface area contributed by atoms with E-state index in [1.807, 2.05) is 0 Å². The Balaban J connectivity index is 1.91. The van der Waals surface area contributed by atoms with E-state index in [2.05, 4.69) is 10.0 Å². The molecule has 3 rings (SSSR count). The molecule has 31 heavy (non-hydrogen) atoms. The van der Waals surface area contributed by atoms with Gasteiger partial charge in [-0.1, -0.05) is 41.4 Å². The van der Waals surface area contributed by atoms with Gasteiger partial charge in [0, 0.05) is 5.02 Å². The molecule has 0 heterocycles. The number of amides is 1. The van der Waals surface area contributed by atoms with Crippen LogP contribution in [0, 0.1) is 0 Å². The molecule has 0 unspecified atom stereocenters. The second-order valence-electron chi connectivity index (χ2n) is 6.25. The van der Waals surface area contributed by atoms with E-state index in [-0.39, 0.29) is 31.9 Å². The van der Waals surface area contributed by atoms with Crippen molar-refractivity contribution < 1.29 is 26.4 Å². The molecule has 0 atom stereocenters. The maximum atomic E-state index is 12.8. The Kier molecular flexibility index (Phi) is 6.49. The maximum absolute atomic E-state index is 12.8. The van der Waals surface area contributed by atoms with Crippen LogP contribution in [0.3, 0.4) is 0 Å². The number of alkyl halides is 3. The molecule has 0 aliphatic rings. The lowest BCUT2D eigenvalue weighted by molar-refractivity contribution is -0.137. The second-order valence-corrected chi connectivity index (χ2v) is 8.78. The molecule has 0 aliphatic carbocycles. The zero-order valence-electron chi connectivity index (χ0n) is 15.4. The van der Waals surface area contributed by atoms with Gasteiger partial charge in [-0.3, -0.25) is 9.52 Å². The summed E-state index contributed by atoms with van der Waals surface area (Å²) in [6.45, 7) is 0. The first-order chi connectivity index (χ1) is 14.5. The van der Waals surface area contributed by atoms with E-state index in [1.54, 1.807) is 6.07 Å². The molecule has 0 fully saturated rings. The summed E-state index contributed by atoms with van der Waals surface area (Å²) in [6.07, 6.45) is -4.60. The molecule has 11 heteroatoms. The zero-order chi connectivity index (χ0) is 22.8. The maximum Gasteiger partial charge on any atom is 0.416 e. The van der Waals surface area contributed by atoms with Crippen LogP contribution in [0.15, 0.2) is 71.6 Å². The normalized spacial score (nSPS) is 11.8. The lowest BCUT2D eigenvalue weighted by Crippen LogP contribution is -2.19. The highest BCUT2D eigenvalue weighted by molar-refractivity contribution is 7.92. The van der Waals surface area contributed by atoms with Crippen molar-refractivity contribution in [1.29, 1.82) is 0 Å². The smallest absolute Gasteiger partial charge is 0.321 e. The lowest BCUT2D eigenvalue weighted by atomic mass is 10.1. The van der Waals surface area contributed by atoms with Crippen molar-refractivity contribution in [2.45, 2.75) is 11.1 Å². The van der Waals surface area contributed by atoms with Gasteiger partial charge in [0.25, 0.3) is 15.9 Å². The van der Waals surface area contributed by atoms with Crippen molar-refractivity contribution >= 4 is 50.5 Å². The van der Waals surface area contributed by atoms with Crippen LogP contribution in [0.25, 0.3) is 0 Å². The summed E-state index contributed by atoms with van der Waals surface area (Å²) in [6, 6.07) is 13.8. The van der Waals surface area contributed by atoms with Crippen molar-refractivity contribution in [2.24, 2.45) is 0 Å². The molecule has 0 bridgehead atoms. The summed E-state index contributed by atoms with van der Waals surface area (Å²) < 4.78 is 65.9. The van der Waals surface area contributed by atoms with Gasteiger partial charge in [0.15, 0.2) is 0 Å². The highest BCUT2D eigenvalue weighted by atomic mass is 35.5. The number of nitrogens with one attached hydrogen (secondary N) is 2. The van der Waals surface area contributed by atoms with E-state index in [1.165, 1.54) is 42.5 Å². The quantitative estimate of drug-likeness (QED) is 0.457. The zero-order valence-corrected chi connectivity index (χ0v) is 17.7. The van der Waals surface area contributed by atoms with E-state index in [0.29, 0.717) is 6.07 Å².